The molecule has 0 radical (unpaired) electrons. The van der Waals surface area contributed by atoms with Gasteiger partial charge in [0.05, 0.1) is 5.69 Å². The van der Waals surface area contributed by atoms with Crippen molar-refractivity contribution in [2.24, 2.45) is 0 Å². The molecule has 3 rings (SSSR count). The van der Waals surface area contributed by atoms with Crippen LogP contribution in [0.25, 0.3) is 22.2 Å². The van der Waals surface area contributed by atoms with Gasteiger partial charge in [-0.2, -0.15) is 0 Å². The van der Waals surface area contributed by atoms with E-state index >= 15 is 0 Å². The summed E-state index contributed by atoms with van der Waals surface area (Å²) in [5, 5.41) is 8.01. The molecule has 3 nitrogen and oxygen atoms in total. The highest BCUT2D eigenvalue weighted by molar-refractivity contribution is 7.14. The van der Waals surface area contributed by atoms with Crippen LogP contribution < -0.4 is 5.32 Å². The van der Waals surface area contributed by atoms with Gasteiger partial charge < -0.3 is 10.3 Å². The largest absolute Gasteiger partial charge is 0.358 e. The standard InChI is InChI=1S/C15H14ClN3S/c1-3-6-17-15-19-13(8-20-15)14-9(2)18-12-5-4-10(16)7-11(12)14/h3-5,7-8,18H,1,6H2,2H3,(H,17,19). The fraction of sp³-hybridized carbons (Fsp3) is 0.133. The molecular formula is C15H14ClN3S. The second-order valence-corrected chi connectivity index (χ2v) is 5.82. The lowest BCUT2D eigenvalue weighted by atomic mass is 10.1. The smallest absolute Gasteiger partial charge is 0.183 e. The fourth-order valence-electron chi connectivity index (χ4n) is 2.26. The highest BCUT2D eigenvalue weighted by Gasteiger charge is 2.13. The van der Waals surface area contributed by atoms with Crippen LogP contribution in [0, 0.1) is 6.92 Å². The van der Waals surface area contributed by atoms with E-state index in [1.54, 1.807) is 11.3 Å². The first kappa shape index (κ1) is 13.2. The van der Waals surface area contributed by atoms with Crippen molar-refractivity contribution in [3.8, 4) is 11.3 Å². The second kappa shape index (κ2) is 5.31. The molecule has 1 aromatic carbocycles. The molecule has 2 heterocycles. The first-order chi connectivity index (χ1) is 9.69. The van der Waals surface area contributed by atoms with Gasteiger partial charge in [-0.05, 0) is 25.1 Å². The number of fused-ring (bicyclic) bond motifs is 1. The maximum absolute atomic E-state index is 6.11. The number of H-pyrrole nitrogens is 1. The molecule has 0 aliphatic carbocycles. The zero-order valence-corrected chi connectivity index (χ0v) is 12.6. The van der Waals surface area contributed by atoms with Gasteiger partial charge in [-0.3, -0.25) is 0 Å². The number of aromatic nitrogens is 2. The van der Waals surface area contributed by atoms with Crippen molar-refractivity contribution in [1.82, 2.24) is 9.97 Å². The van der Waals surface area contributed by atoms with Crippen LogP contribution in [0.15, 0.2) is 36.2 Å². The van der Waals surface area contributed by atoms with Gasteiger partial charge >= 0.3 is 0 Å². The van der Waals surface area contributed by atoms with Crippen LogP contribution >= 0.6 is 22.9 Å². The van der Waals surface area contributed by atoms with E-state index in [-0.39, 0.29) is 0 Å². The Balaban J connectivity index is 2.09. The first-order valence-corrected chi connectivity index (χ1v) is 7.53. The Bertz CT molecular complexity index is 773. The molecule has 2 N–H and O–H groups in total. The van der Waals surface area contributed by atoms with E-state index in [1.807, 2.05) is 24.3 Å². The van der Waals surface area contributed by atoms with Crippen LogP contribution in [-0.4, -0.2) is 16.5 Å². The second-order valence-electron chi connectivity index (χ2n) is 4.52. The van der Waals surface area contributed by atoms with Crippen LogP contribution in [0.3, 0.4) is 0 Å². The normalized spacial score (nSPS) is 10.9. The van der Waals surface area contributed by atoms with Gasteiger partial charge in [0, 0.05) is 39.1 Å². The van der Waals surface area contributed by atoms with Crippen LogP contribution in [0.4, 0.5) is 5.13 Å². The molecule has 0 aliphatic rings. The number of halogens is 1. The Morgan fingerprint density at radius 2 is 2.35 bits per heavy atom. The van der Waals surface area contributed by atoms with E-state index in [1.165, 1.54) is 0 Å². The molecule has 0 unspecified atom stereocenters. The number of hydrogen-bond acceptors (Lipinski definition) is 3. The van der Waals surface area contributed by atoms with Crippen molar-refractivity contribution < 1.29 is 0 Å². The summed E-state index contributed by atoms with van der Waals surface area (Å²) < 4.78 is 0. The Labute approximate surface area is 126 Å². The summed E-state index contributed by atoms with van der Waals surface area (Å²) in [6.45, 7) is 6.46. The third-order valence-electron chi connectivity index (χ3n) is 3.11. The topological polar surface area (TPSA) is 40.7 Å². The lowest BCUT2D eigenvalue weighted by Gasteiger charge is -1.98. The lowest BCUT2D eigenvalue weighted by Crippen LogP contribution is -1.96. The summed E-state index contributed by atoms with van der Waals surface area (Å²) in [5.74, 6) is 0. The van der Waals surface area contributed by atoms with Gasteiger partial charge in [0.2, 0.25) is 0 Å². The van der Waals surface area contributed by atoms with Crippen molar-refractivity contribution in [1.29, 1.82) is 0 Å². The van der Waals surface area contributed by atoms with Crippen LogP contribution in [0.5, 0.6) is 0 Å². The minimum atomic E-state index is 0.714. The maximum Gasteiger partial charge on any atom is 0.183 e. The van der Waals surface area contributed by atoms with Crippen molar-refractivity contribution in [2.45, 2.75) is 6.92 Å². The number of anilines is 1. The van der Waals surface area contributed by atoms with Crippen LogP contribution in [-0.2, 0) is 0 Å². The fourth-order valence-corrected chi connectivity index (χ4v) is 3.14. The summed E-state index contributed by atoms with van der Waals surface area (Å²) >= 11 is 7.70. The average molecular weight is 304 g/mol. The number of rotatable bonds is 4. The summed E-state index contributed by atoms with van der Waals surface area (Å²) in [6, 6.07) is 5.87. The van der Waals surface area contributed by atoms with Gasteiger partial charge in [0.25, 0.3) is 0 Å². The SMILES string of the molecule is C=CCNc1nc(-c2c(C)[nH]c3ccc(Cl)cc23)cs1. The number of aromatic amines is 1. The molecular weight excluding hydrogens is 290 g/mol. The van der Waals surface area contributed by atoms with Crippen LogP contribution in [0.1, 0.15) is 5.69 Å². The zero-order chi connectivity index (χ0) is 14.1. The number of hydrogen-bond donors (Lipinski definition) is 2. The van der Waals surface area contributed by atoms with E-state index < -0.39 is 0 Å². The highest BCUT2D eigenvalue weighted by atomic mass is 35.5. The molecule has 0 aliphatic heterocycles. The quantitative estimate of drug-likeness (QED) is 0.676. The zero-order valence-electron chi connectivity index (χ0n) is 11.0. The van der Waals surface area contributed by atoms with E-state index in [2.05, 4.69) is 34.2 Å². The minimum absolute atomic E-state index is 0.714. The Kier molecular flexibility index (Phi) is 3.51. The molecule has 0 atom stereocenters. The lowest BCUT2D eigenvalue weighted by molar-refractivity contribution is 1.26. The minimum Gasteiger partial charge on any atom is -0.358 e. The molecule has 0 fully saturated rings. The molecule has 2 aromatic heterocycles. The summed E-state index contributed by atoms with van der Waals surface area (Å²) in [7, 11) is 0. The summed E-state index contributed by atoms with van der Waals surface area (Å²) in [5.41, 5.74) is 4.26. The van der Waals surface area contributed by atoms with Crippen molar-refractivity contribution in [2.75, 3.05) is 11.9 Å². The van der Waals surface area contributed by atoms with E-state index in [9.17, 15) is 0 Å². The maximum atomic E-state index is 6.11. The van der Waals surface area contributed by atoms with Crippen molar-refractivity contribution in [3.63, 3.8) is 0 Å². The van der Waals surface area contributed by atoms with Gasteiger partial charge in [-0.1, -0.05) is 17.7 Å². The third-order valence-corrected chi connectivity index (χ3v) is 4.14. The van der Waals surface area contributed by atoms with Gasteiger partial charge in [0.1, 0.15) is 0 Å². The Morgan fingerprint density at radius 3 is 3.15 bits per heavy atom. The van der Waals surface area contributed by atoms with E-state index in [4.69, 9.17) is 11.6 Å². The number of nitrogens with zero attached hydrogens (tertiary/aromatic N) is 1. The van der Waals surface area contributed by atoms with E-state index in [0.717, 1.165) is 38.0 Å². The molecule has 0 amide bonds. The molecule has 5 heteroatoms. The highest BCUT2D eigenvalue weighted by Crippen LogP contribution is 2.35. The van der Waals surface area contributed by atoms with Gasteiger partial charge in [0.15, 0.2) is 5.13 Å². The molecule has 0 saturated heterocycles. The van der Waals surface area contributed by atoms with E-state index in [0.29, 0.717) is 6.54 Å². The summed E-state index contributed by atoms with van der Waals surface area (Å²) in [6.07, 6.45) is 1.82. The van der Waals surface area contributed by atoms with Gasteiger partial charge in [-0.25, -0.2) is 4.98 Å². The molecule has 0 bridgehead atoms. The first-order valence-electron chi connectivity index (χ1n) is 6.27. The third kappa shape index (κ3) is 2.32. The predicted octanol–water partition coefficient (Wildman–Crippen LogP) is 4.85. The monoisotopic (exact) mass is 303 g/mol. The van der Waals surface area contributed by atoms with Crippen LogP contribution in [0.2, 0.25) is 5.02 Å². The van der Waals surface area contributed by atoms with Crippen molar-refractivity contribution in [3.05, 3.63) is 47.0 Å². The molecule has 3 aromatic rings. The molecule has 0 spiro atoms. The Morgan fingerprint density at radius 1 is 1.50 bits per heavy atom. The summed E-state index contributed by atoms with van der Waals surface area (Å²) in [4.78, 5) is 8.00. The molecule has 20 heavy (non-hydrogen) atoms. The molecule has 102 valence electrons. The molecule has 0 saturated carbocycles. The number of benzene rings is 1. The van der Waals surface area contributed by atoms with Crippen molar-refractivity contribution >= 4 is 39.0 Å². The number of aryl methyl sites for hydroxylation is 1. The Hall–Kier alpha value is -1.78. The predicted molar refractivity (Wildman–Crippen MR) is 87.8 cm³/mol. The number of thiazole rings is 1. The average Bonchev–Trinajstić information content (AvgIpc) is 2.99. The number of nitrogens with one attached hydrogen (secondary N) is 2. The van der Waals surface area contributed by atoms with Gasteiger partial charge in [-0.15, -0.1) is 17.9 Å².